The summed E-state index contributed by atoms with van der Waals surface area (Å²) in [5.74, 6) is -5.45. The van der Waals surface area contributed by atoms with Crippen LogP contribution in [0.25, 0.3) is 0 Å². The minimum absolute atomic E-state index is 0.0210. The van der Waals surface area contributed by atoms with Gasteiger partial charge in [0, 0.05) is 54.8 Å². The Balaban J connectivity index is 1.77. The second-order valence-electron chi connectivity index (χ2n) is 17.4. The summed E-state index contributed by atoms with van der Waals surface area (Å²) in [7, 11) is 8.68. The van der Waals surface area contributed by atoms with Gasteiger partial charge in [-0.25, -0.2) is 9.98 Å². The van der Waals surface area contributed by atoms with Crippen molar-refractivity contribution >= 4 is 70.6 Å². The Kier molecular flexibility index (Phi) is 15.6. The molecule has 6 aliphatic heterocycles. The zero-order chi connectivity index (χ0) is 50.4. The smallest absolute Gasteiger partial charge is 0.310 e. The molecular formula is C49H56N4O16. The molecule has 1 fully saturated rings. The van der Waals surface area contributed by atoms with Gasteiger partial charge in [0.2, 0.25) is 0 Å². The van der Waals surface area contributed by atoms with Gasteiger partial charge in [0.25, 0.3) is 0 Å². The Bertz CT molecular complexity index is 2590. The third kappa shape index (κ3) is 10.2. The van der Waals surface area contributed by atoms with Crippen molar-refractivity contribution in [1.29, 1.82) is 0 Å². The van der Waals surface area contributed by atoms with Gasteiger partial charge in [-0.3, -0.25) is 48.3 Å². The SMILES string of the molecule is COC(=O)CCC1=C(CC(=O)OC)C2=NC1=CC1=NC(=CC3=NC(=CC4=NC(=C2)C(CCC(=O)OC)C4(C)CC(=O)OC)C2(CCC(=O)OC)OC(=O)CC32C)C(CC(=O)OC)=C1CCC(=O)OC. The summed E-state index contributed by atoms with van der Waals surface area (Å²) >= 11 is 0. The first kappa shape index (κ1) is 51.3. The van der Waals surface area contributed by atoms with Crippen LogP contribution in [-0.2, 0) is 76.3 Å². The molecule has 0 saturated carbocycles. The van der Waals surface area contributed by atoms with E-state index in [0.717, 1.165) is 0 Å². The fourth-order valence-electron chi connectivity index (χ4n) is 9.72. The lowest BCUT2D eigenvalue weighted by Gasteiger charge is -2.36. The number of fused-ring (bicyclic) bond motifs is 7. The monoisotopic (exact) mass is 956 g/mol. The Morgan fingerprint density at radius 1 is 0.565 bits per heavy atom. The zero-order valence-corrected chi connectivity index (χ0v) is 40.2. The van der Waals surface area contributed by atoms with Crippen molar-refractivity contribution in [2.45, 2.75) is 96.5 Å². The lowest BCUT2D eigenvalue weighted by molar-refractivity contribution is -0.150. The van der Waals surface area contributed by atoms with Crippen LogP contribution in [0.1, 0.15) is 90.9 Å². The molecule has 6 heterocycles. The van der Waals surface area contributed by atoms with Gasteiger partial charge in [-0.15, -0.1) is 0 Å². The quantitative estimate of drug-likeness (QED) is 0.132. The molecule has 368 valence electrons. The minimum Gasteiger partial charge on any atom is -0.469 e. The number of methoxy groups -OCH3 is 7. The molecule has 0 N–H and O–H groups in total. The maximum atomic E-state index is 13.7. The fraction of sp³-hybridized carbons (Fsp3) is 0.510. The number of nitrogens with zero attached hydrogens (tertiary/aromatic N) is 4. The number of rotatable bonds is 18. The summed E-state index contributed by atoms with van der Waals surface area (Å²) in [6.45, 7) is 3.55. The predicted molar refractivity (Wildman–Crippen MR) is 244 cm³/mol. The Morgan fingerprint density at radius 2 is 1.09 bits per heavy atom. The highest BCUT2D eigenvalue weighted by atomic mass is 16.6. The van der Waals surface area contributed by atoms with Crippen molar-refractivity contribution in [3.05, 3.63) is 69.4 Å². The molecule has 20 heteroatoms. The lowest BCUT2D eigenvalue weighted by Crippen LogP contribution is -2.45. The molecule has 0 aliphatic carbocycles. The van der Waals surface area contributed by atoms with Crippen LogP contribution < -0.4 is 0 Å². The number of hydrogen-bond acceptors (Lipinski definition) is 20. The van der Waals surface area contributed by atoms with Crippen LogP contribution >= 0.6 is 0 Å². The van der Waals surface area contributed by atoms with E-state index in [0.29, 0.717) is 28.0 Å². The zero-order valence-electron chi connectivity index (χ0n) is 40.2. The molecule has 6 aliphatic rings. The molecule has 4 atom stereocenters. The second kappa shape index (κ2) is 21.0. The van der Waals surface area contributed by atoms with Crippen molar-refractivity contribution in [2.24, 2.45) is 36.7 Å². The Hall–Kier alpha value is -7.12. The van der Waals surface area contributed by atoms with Crippen molar-refractivity contribution < 1.29 is 76.3 Å². The molecule has 0 aromatic heterocycles. The summed E-state index contributed by atoms with van der Waals surface area (Å²) in [5.41, 5.74) is -0.537. The first-order valence-electron chi connectivity index (χ1n) is 22.2. The van der Waals surface area contributed by atoms with Gasteiger partial charge in [-0.1, -0.05) is 6.92 Å². The first-order valence-corrected chi connectivity index (χ1v) is 22.2. The van der Waals surface area contributed by atoms with Crippen molar-refractivity contribution in [2.75, 3.05) is 49.8 Å². The number of ether oxygens (including phenoxy) is 8. The highest BCUT2D eigenvalue weighted by Crippen LogP contribution is 2.58. The number of hydrogen-bond donors (Lipinski definition) is 0. The first-order chi connectivity index (χ1) is 32.8. The summed E-state index contributed by atoms with van der Waals surface area (Å²) in [4.78, 5) is 125. The van der Waals surface area contributed by atoms with Gasteiger partial charge in [0.15, 0.2) is 5.60 Å². The van der Waals surface area contributed by atoms with E-state index in [1.165, 1.54) is 49.8 Å². The predicted octanol–water partition coefficient (Wildman–Crippen LogP) is 4.76. The summed E-state index contributed by atoms with van der Waals surface area (Å²) in [6, 6.07) is 0. The standard InChI is InChI=1S/C49H56N4O16/c1-47(24-45(60)68-9)30(12-15-41(56)64-5)35-21-33-28(18-43(58)66-7)26(10-13-39(54)62-3)31(50-33)20-32-27(11-14-40(55)63-4)29(19-44(59)67-8)34(51-32)22-37-48(2)25-46(61)69-49(48,17-16-42(57)65-6)38(53-37)23-36(47)52-35/h20-23,30H,10-19,24-25H2,1-9H3. The number of esters is 8. The molecule has 6 rings (SSSR count). The van der Waals surface area contributed by atoms with Gasteiger partial charge in [0.1, 0.15) is 0 Å². The van der Waals surface area contributed by atoms with E-state index in [-0.39, 0.29) is 117 Å². The summed E-state index contributed by atoms with van der Waals surface area (Å²) in [6.07, 6.45) is 4.87. The van der Waals surface area contributed by atoms with E-state index in [1.54, 1.807) is 38.2 Å². The average Bonchev–Trinajstić information content (AvgIpc) is 4.04. The summed E-state index contributed by atoms with van der Waals surface area (Å²) in [5, 5.41) is 0. The highest BCUT2D eigenvalue weighted by molar-refractivity contribution is 6.19. The van der Waals surface area contributed by atoms with E-state index >= 15 is 0 Å². The van der Waals surface area contributed by atoms with E-state index in [9.17, 15) is 38.4 Å². The topological polar surface area (TPSA) is 260 Å². The molecule has 69 heavy (non-hydrogen) atoms. The Morgan fingerprint density at radius 3 is 1.68 bits per heavy atom. The lowest BCUT2D eigenvalue weighted by atomic mass is 9.66. The van der Waals surface area contributed by atoms with Crippen molar-refractivity contribution in [3.8, 4) is 0 Å². The summed E-state index contributed by atoms with van der Waals surface area (Å²) < 4.78 is 41.9. The van der Waals surface area contributed by atoms with Crippen LogP contribution in [0.4, 0.5) is 0 Å². The highest BCUT2D eigenvalue weighted by Gasteiger charge is 2.66. The Labute approximate surface area is 398 Å². The molecule has 0 spiro atoms. The molecule has 8 bridgehead atoms. The minimum atomic E-state index is -1.62. The van der Waals surface area contributed by atoms with Gasteiger partial charge < -0.3 is 37.9 Å². The normalized spacial score (nSPS) is 24.3. The fourth-order valence-corrected chi connectivity index (χ4v) is 9.72. The molecule has 0 aromatic carbocycles. The van der Waals surface area contributed by atoms with Crippen molar-refractivity contribution in [3.63, 3.8) is 0 Å². The van der Waals surface area contributed by atoms with Crippen molar-refractivity contribution in [1.82, 2.24) is 0 Å². The van der Waals surface area contributed by atoms with Gasteiger partial charge >= 0.3 is 47.8 Å². The third-order valence-electron chi connectivity index (χ3n) is 13.6. The van der Waals surface area contributed by atoms with E-state index in [2.05, 4.69) is 0 Å². The van der Waals surface area contributed by atoms with Crippen LogP contribution in [0.5, 0.6) is 0 Å². The van der Waals surface area contributed by atoms with Gasteiger partial charge in [-0.05, 0) is 72.8 Å². The van der Waals surface area contributed by atoms with Crippen LogP contribution in [0.15, 0.2) is 89.4 Å². The van der Waals surface area contributed by atoms with Crippen LogP contribution in [0, 0.1) is 16.7 Å². The molecule has 0 radical (unpaired) electrons. The maximum Gasteiger partial charge on any atom is 0.310 e. The average molecular weight is 957 g/mol. The third-order valence-corrected chi connectivity index (χ3v) is 13.6. The van der Waals surface area contributed by atoms with E-state index < -0.39 is 70.1 Å². The van der Waals surface area contributed by atoms with Crippen LogP contribution in [0.3, 0.4) is 0 Å². The number of carbonyl (C=O) groups is 8. The molecule has 0 amide bonds. The van der Waals surface area contributed by atoms with E-state index in [4.69, 9.17) is 57.9 Å². The molecule has 20 nitrogen and oxygen atoms in total. The second-order valence-corrected chi connectivity index (χ2v) is 17.4. The molecule has 4 unspecified atom stereocenters. The number of allylic oxidation sites excluding steroid dienone is 8. The molecule has 1 saturated heterocycles. The molecular weight excluding hydrogens is 901 g/mol. The van der Waals surface area contributed by atoms with Crippen LogP contribution in [-0.4, -0.2) is 126 Å². The largest absolute Gasteiger partial charge is 0.469 e. The molecule has 0 aromatic rings. The van der Waals surface area contributed by atoms with Crippen LogP contribution in [0.2, 0.25) is 0 Å². The van der Waals surface area contributed by atoms with Gasteiger partial charge in [-0.2, -0.15) is 0 Å². The van der Waals surface area contributed by atoms with E-state index in [1.807, 2.05) is 0 Å². The van der Waals surface area contributed by atoms with Gasteiger partial charge in [0.05, 0.1) is 115 Å². The maximum absolute atomic E-state index is 13.7. The number of aliphatic imine (C=N–C) groups is 4. The number of carbonyl (C=O) groups excluding carboxylic acids is 8.